The highest BCUT2D eigenvalue weighted by atomic mass is 79.9. The molecule has 2 bridgehead atoms. The van der Waals surface area contributed by atoms with E-state index in [1.165, 1.54) is 18.2 Å². The Morgan fingerprint density at radius 1 is 0.882 bits per heavy atom. The maximum Gasteiger partial charge on any atom is 0.273 e. The molecule has 34 heavy (non-hydrogen) atoms. The van der Waals surface area contributed by atoms with Crippen molar-refractivity contribution in [3.8, 4) is 0 Å². The molecular weight excluding hydrogens is 611 g/mol. The second-order valence-corrected chi connectivity index (χ2v) is 11.7. The lowest BCUT2D eigenvalue weighted by atomic mass is 9.81. The van der Waals surface area contributed by atoms with Crippen LogP contribution in [0.15, 0.2) is 48.5 Å². The van der Waals surface area contributed by atoms with Crippen LogP contribution in [0.4, 0.5) is 0 Å². The minimum atomic E-state index is -0.678. The number of hydrazine groups is 1. The lowest BCUT2D eigenvalue weighted by Gasteiger charge is -2.31. The summed E-state index contributed by atoms with van der Waals surface area (Å²) in [7, 11) is 0. The molecule has 2 aliphatic carbocycles. The summed E-state index contributed by atoms with van der Waals surface area (Å²) in [6.07, 6.45) is 0.760. The predicted molar refractivity (Wildman–Crippen MR) is 134 cm³/mol. The van der Waals surface area contributed by atoms with Crippen molar-refractivity contribution in [2.75, 3.05) is 6.54 Å². The highest BCUT2D eigenvalue weighted by molar-refractivity contribution is 9.12. The van der Waals surface area contributed by atoms with Gasteiger partial charge in [0, 0.05) is 20.8 Å². The van der Waals surface area contributed by atoms with E-state index in [1.807, 2.05) is 0 Å². The van der Waals surface area contributed by atoms with E-state index >= 15 is 0 Å². The molecule has 0 spiro atoms. The number of hydrogen-bond donors (Lipinski definition) is 0. The van der Waals surface area contributed by atoms with Crippen molar-refractivity contribution >= 4 is 78.6 Å². The van der Waals surface area contributed by atoms with E-state index in [4.69, 9.17) is 23.2 Å². The molecule has 3 aliphatic rings. The Labute approximate surface area is 222 Å². The molecule has 2 aromatic carbocycles. The van der Waals surface area contributed by atoms with Crippen LogP contribution in [0.3, 0.4) is 0 Å². The number of carbonyl (C=O) groups excluding carboxylic acids is 4. The Bertz CT molecular complexity index is 1180. The fourth-order valence-electron chi connectivity index (χ4n) is 5.43. The summed E-state index contributed by atoms with van der Waals surface area (Å²) in [5, 5.41) is 2.27. The number of amides is 3. The fraction of sp³-hybridized carbons (Fsp3) is 0.333. The van der Waals surface area contributed by atoms with E-state index in [-0.39, 0.29) is 37.1 Å². The lowest BCUT2D eigenvalue weighted by Crippen LogP contribution is -2.52. The summed E-state index contributed by atoms with van der Waals surface area (Å²) in [6.45, 7) is -0.467. The predicted octanol–water partition coefficient (Wildman–Crippen LogP) is 5.01. The van der Waals surface area contributed by atoms with Crippen LogP contribution in [0.1, 0.15) is 27.1 Å². The maximum atomic E-state index is 13.6. The normalized spacial score (nSPS) is 29.5. The maximum absolute atomic E-state index is 13.6. The number of carbonyl (C=O) groups is 4. The van der Waals surface area contributed by atoms with Crippen LogP contribution in [-0.4, -0.2) is 49.7 Å². The SMILES string of the molecule is O=C(CN(C(=O)c1ccc(Cl)c(Cl)c1)N1C(=O)[C@@H]2[C@H]3C[C@@H]([C@H](Br)[C@@H]3Br)[C@@H]2C1=O)c1ccccc1. The molecule has 1 saturated heterocycles. The molecule has 176 valence electrons. The number of fused-ring (bicyclic) bond motifs is 5. The zero-order valence-corrected chi connectivity index (χ0v) is 22.2. The fourth-order valence-corrected chi connectivity index (χ4v) is 7.61. The number of ketones is 1. The summed E-state index contributed by atoms with van der Waals surface area (Å²) < 4.78 is 0. The number of hydrogen-bond acceptors (Lipinski definition) is 4. The topological polar surface area (TPSA) is 74.8 Å². The lowest BCUT2D eigenvalue weighted by molar-refractivity contribution is -0.154. The zero-order valence-electron chi connectivity index (χ0n) is 17.5. The van der Waals surface area contributed by atoms with Gasteiger partial charge in [0.1, 0.15) is 6.54 Å². The van der Waals surface area contributed by atoms with Crippen LogP contribution in [0.25, 0.3) is 0 Å². The summed E-state index contributed by atoms with van der Waals surface area (Å²) >= 11 is 19.4. The Hall–Kier alpha value is -1.74. The quantitative estimate of drug-likeness (QED) is 0.265. The van der Waals surface area contributed by atoms with Crippen molar-refractivity contribution in [2.24, 2.45) is 23.7 Å². The van der Waals surface area contributed by atoms with Gasteiger partial charge in [-0.15, -0.1) is 0 Å². The van der Waals surface area contributed by atoms with Crippen LogP contribution in [0.2, 0.25) is 10.0 Å². The monoisotopic (exact) mass is 626 g/mol. The summed E-state index contributed by atoms with van der Waals surface area (Å²) in [5.74, 6) is -3.05. The van der Waals surface area contributed by atoms with Gasteiger partial charge in [0.25, 0.3) is 17.7 Å². The van der Waals surface area contributed by atoms with Crippen LogP contribution in [0.5, 0.6) is 0 Å². The van der Waals surface area contributed by atoms with Gasteiger partial charge in [-0.25, -0.2) is 5.01 Å². The standard InChI is InChI=1S/C24H18Br2Cl2N2O4/c25-20-13-9-14(21(20)26)19-18(13)23(33)30(24(19)34)29(10-17(31)11-4-2-1-3-5-11)22(32)12-6-7-15(27)16(28)8-12/h1-8,13-14,18-21H,9-10H2/t13-,14-,18-,19+,20-,21+/m1/s1. The van der Waals surface area contributed by atoms with Gasteiger partial charge in [-0.2, -0.15) is 5.01 Å². The van der Waals surface area contributed by atoms with Crippen LogP contribution in [-0.2, 0) is 9.59 Å². The molecule has 1 aliphatic heterocycles. The molecule has 3 fully saturated rings. The van der Waals surface area contributed by atoms with Gasteiger partial charge in [-0.1, -0.05) is 85.4 Å². The summed E-state index contributed by atoms with van der Waals surface area (Å²) in [4.78, 5) is 53.9. The molecule has 0 radical (unpaired) electrons. The van der Waals surface area contributed by atoms with E-state index in [0.717, 1.165) is 16.4 Å². The molecule has 0 aromatic heterocycles. The number of imide groups is 1. The molecule has 10 heteroatoms. The summed E-state index contributed by atoms with van der Waals surface area (Å²) in [5.41, 5.74) is 0.488. The van der Waals surface area contributed by atoms with Crippen molar-refractivity contribution in [2.45, 2.75) is 16.1 Å². The first-order valence-electron chi connectivity index (χ1n) is 10.7. The van der Waals surface area contributed by atoms with Gasteiger partial charge in [0.2, 0.25) is 0 Å². The average molecular weight is 629 g/mol. The second kappa shape index (κ2) is 9.04. The highest BCUT2D eigenvalue weighted by Crippen LogP contribution is 2.60. The molecule has 3 amide bonds. The smallest absolute Gasteiger partial charge is 0.273 e. The van der Waals surface area contributed by atoms with Gasteiger partial charge < -0.3 is 0 Å². The minimum Gasteiger partial charge on any atom is -0.292 e. The molecule has 2 aromatic rings. The van der Waals surface area contributed by atoms with E-state index in [0.29, 0.717) is 5.56 Å². The number of nitrogens with zero attached hydrogens (tertiary/aromatic N) is 2. The molecule has 0 N–H and O–H groups in total. The van der Waals surface area contributed by atoms with Gasteiger partial charge in [0.15, 0.2) is 5.78 Å². The zero-order chi connectivity index (χ0) is 24.3. The third-order valence-corrected chi connectivity index (χ3v) is 10.9. The summed E-state index contributed by atoms with van der Waals surface area (Å²) in [6, 6.07) is 12.7. The molecule has 5 rings (SSSR count). The van der Waals surface area contributed by atoms with Crippen LogP contribution < -0.4 is 0 Å². The number of rotatable bonds is 5. The van der Waals surface area contributed by atoms with Gasteiger partial charge >= 0.3 is 0 Å². The Balaban J connectivity index is 1.52. The van der Waals surface area contributed by atoms with Crippen molar-refractivity contribution in [1.82, 2.24) is 10.0 Å². The van der Waals surface area contributed by atoms with Gasteiger partial charge in [-0.3, -0.25) is 19.2 Å². The number of benzene rings is 2. The number of alkyl halides is 2. The first kappa shape index (κ1) is 24.0. The Morgan fingerprint density at radius 2 is 1.47 bits per heavy atom. The number of halogens is 4. The van der Waals surface area contributed by atoms with Crippen LogP contribution >= 0.6 is 55.1 Å². The average Bonchev–Trinajstić information content (AvgIpc) is 3.44. The molecule has 0 unspecified atom stereocenters. The van der Waals surface area contributed by atoms with Crippen LogP contribution in [0, 0.1) is 23.7 Å². The Morgan fingerprint density at radius 3 is 2.03 bits per heavy atom. The van der Waals surface area contributed by atoms with E-state index in [2.05, 4.69) is 31.9 Å². The third kappa shape index (κ3) is 3.74. The first-order valence-corrected chi connectivity index (χ1v) is 13.3. The van der Waals surface area contributed by atoms with E-state index in [9.17, 15) is 19.2 Å². The molecule has 6 atom stereocenters. The molecule has 2 saturated carbocycles. The second-order valence-electron chi connectivity index (χ2n) is 8.77. The first-order chi connectivity index (χ1) is 16.2. The Kier molecular flexibility index (Phi) is 6.38. The minimum absolute atomic E-state index is 0.0208. The molecule has 6 nitrogen and oxygen atoms in total. The molecular formula is C24H18Br2Cl2N2O4. The third-order valence-electron chi connectivity index (χ3n) is 7.00. The number of Topliss-reactive ketones (excluding diaryl/α,β-unsaturated/α-hetero) is 1. The molecule has 1 heterocycles. The van der Waals surface area contributed by atoms with Crippen molar-refractivity contribution < 1.29 is 19.2 Å². The van der Waals surface area contributed by atoms with Crippen molar-refractivity contribution in [1.29, 1.82) is 0 Å². The van der Waals surface area contributed by atoms with Gasteiger partial charge in [-0.05, 0) is 36.5 Å². The highest BCUT2D eigenvalue weighted by Gasteiger charge is 2.67. The van der Waals surface area contributed by atoms with Gasteiger partial charge in [0.05, 0.1) is 21.9 Å². The van der Waals surface area contributed by atoms with E-state index < -0.39 is 41.9 Å². The largest absolute Gasteiger partial charge is 0.292 e. The van der Waals surface area contributed by atoms with Crippen molar-refractivity contribution in [3.63, 3.8) is 0 Å². The van der Waals surface area contributed by atoms with Crippen molar-refractivity contribution in [3.05, 3.63) is 69.7 Å². The van der Waals surface area contributed by atoms with E-state index in [1.54, 1.807) is 30.3 Å².